The number of hydrogen-bond donors (Lipinski definition) is 2. The molecule has 0 fully saturated rings. The van der Waals surface area contributed by atoms with Crippen LogP contribution in [0.5, 0.6) is 11.5 Å². The van der Waals surface area contributed by atoms with E-state index in [2.05, 4.69) is 83.1 Å². The van der Waals surface area contributed by atoms with E-state index >= 15 is 0 Å². The van der Waals surface area contributed by atoms with Gasteiger partial charge in [-0.3, -0.25) is 0 Å². The second-order valence-electron chi connectivity index (χ2n) is 10.7. The molecule has 0 radical (unpaired) electrons. The van der Waals surface area contributed by atoms with Gasteiger partial charge in [0.25, 0.3) is 0 Å². The van der Waals surface area contributed by atoms with Crippen LogP contribution in [0.15, 0.2) is 91.0 Å². The van der Waals surface area contributed by atoms with Crippen LogP contribution in [0.2, 0.25) is 0 Å². The van der Waals surface area contributed by atoms with E-state index in [0.29, 0.717) is 11.5 Å². The molecule has 0 amide bonds. The standard InChI is InChI=1S/C33H36O2/c1-22-19-27(15-17-30(22)34)32(3,4)25-13-10-14-26(20-25)33(5,6)28-16-18-31(35)29(21-28)23(2)24-11-8-7-9-12-24/h7-21,23,34-35H,1-6H3. The summed E-state index contributed by atoms with van der Waals surface area (Å²) in [4.78, 5) is 0. The highest BCUT2D eigenvalue weighted by molar-refractivity contribution is 5.50. The normalized spacial score (nSPS) is 13.0. The molecule has 4 rings (SSSR count). The van der Waals surface area contributed by atoms with Gasteiger partial charge in [-0.2, -0.15) is 0 Å². The maximum absolute atomic E-state index is 10.7. The number of phenols is 2. The Kier molecular flexibility index (Phi) is 6.51. The second-order valence-corrected chi connectivity index (χ2v) is 10.7. The monoisotopic (exact) mass is 464 g/mol. The lowest BCUT2D eigenvalue weighted by atomic mass is 9.72. The Morgan fingerprint density at radius 3 is 1.66 bits per heavy atom. The molecule has 0 aliphatic carbocycles. The predicted octanol–water partition coefficient (Wildman–Crippen LogP) is 8.21. The van der Waals surface area contributed by atoms with Crippen molar-refractivity contribution in [2.24, 2.45) is 0 Å². The highest BCUT2D eigenvalue weighted by Crippen LogP contribution is 2.40. The zero-order valence-corrected chi connectivity index (χ0v) is 21.6. The minimum atomic E-state index is -0.254. The van der Waals surface area contributed by atoms with Gasteiger partial charge < -0.3 is 10.2 Å². The van der Waals surface area contributed by atoms with Crippen LogP contribution in [0, 0.1) is 6.92 Å². The smallest absolute Gasteiger partial charge is 0.119 e. The molecule has 0 saturated carbocycles. The van der Waals surface area contributed by atoms with Gasteiger partial charge in [0.2, 0.25) is 0 Å². The van der Waals surface area contributed by atoms with Gasteiger partial charge in [0, 0.05) is 22.3 Å². The molecule has 0 spiro atoms. The zero-order valence-electron chi connectivity index (χ0n) is 21.6. The molecule has 35 heavy (non-hydrogen) atoms. The molecule has 1 atom stereocenters. The molecule has 1 unspecified atom stereocenters. The van der Waals surface area contributed by atoms with Gasteiger partial charge in [0.15, 0.2) is 0 Å². The largest absolute Gasteiger partial charge is 0.508 e. The summed E-state index contributed by atoms with van der Waals surface area (Å²) in [5.74, 6) is 0.751. The molecule has 0 heterocycles. The van der Waals surface area contributed by atoms with Crippen LogP contribution in [-0.2, 0) is 10.8 Å². The van der Waals surface area contributed by atoms with Crippen molar-refractivity contribution in [3.05, 3.63) is 130 Å². The summed E-state index contributed by atoms with van der Waals surface area (Å²) in [6.07, 6.45) is 0. The molecule has 2 nitrogen and oxygen atoms in total. The van der Waals surface area contributed by atoms with Crippen LogP contribution < -0.4 is 0 Å². The first kappa shape index (κ1) is 24.6. The molecule has 2 heteroatoms. The van der Waals surface area contributed by atoms with Crippen molar-refractivity contribution in [3.8, 4) is 11.5 Å². The number of phenolic OH excluding ortho intramolecular Hbond substituents is 2. The van der Waals surface area contributed by atoms with Crippen LogP contribution in [0.25, 0.3) is 0 Å². The van der Waals surface area contributed by atoms with Crippen molar-refractivity contribution >= 4 is 0 Å². The molecule has 0 bridgehead atoms. The van der Waals surface area contributed by atoms with Gasteiger partial charge in [-0.1, -0.05) is 113 Å². The molecule has 0 aliphatic heterocycles. The average molecular weight is 465 g/mol. The van der Waals surface area contributed by atoms with E-state index in [0.717, 1.165) is 11.1 Å². The van der Waals surface area contributed by atoms with Crippen LogP contribution >= 0.6 is 0 Å². The molecule has 0 saturated heterocycles. The van der Waals surface area contributed by atoms with E-state index in [1.165, 1.54) is 27.8 Å². The first-order valence-corrected chi connectivity index (χ1v) is 12.3. The van der Waals surface area contributed by atoms with Crippen molar-refractivity contribution in [1.82, 2.24) is 0 Å². The van der Waals surface area contributed by atoms with E-state index in [-0.39, 0.29) is 16.7 Å². The summed E-state index contributed by atoms with van der Waals surface area (Å²) in [5.41, 5.74) is 7.34. The molecule has 180 valence electrons. The lowest BCUT2D eigenvalue weighted by Crippen LogP contribution is -2.23. The third kappa shape index (κ3) is 4.71. The van der Waals surface area contributed by atoms with Gasteiger partial charge in [0.05, 0.1) is 0 Å². The Morgan fingerprint density at radius 1 is 0.571 bits per heavy atom. The number of rotatable bonds is 6. The first-order valence-electron chi connectivity index (χ1n) is 12.3. The molecule has 0 aliphatic rings. The Bertz CT molecular complexity index is 1330. The molecular weight excluding hydrogens is 428 g/mol. The van der Waals surface area contributed by atoms with Crippen molar-refractivity contribution in [2.45, 2.75) is 58.3 Å². The van der Waals surface area contributed by atoms with Gasteiger partial charge in [0.1, 0.15) is 11.5 Å². The van der Waals surface area contributed by atoms with Gasteiger partial charge in [-0.25, -0.2) is 0 Å². The number of aryl methyl sites for hydroxylation is 1. The summed E-state index contributed by atoms with van der Waals surface area (Å²) in [7, 11) is 0. The number of benzene rings is 4. The SMILES string of the molecule is Cc1cc(C(C)(C)c2cccc(C(C)(C)c3ccc(O)c(C(C)c4ccccc4)c3)c2)ccc1O. The van der Waals surface area contributed by atoms with E-state index in [1.54, 1.807) is 6.07 Å². The average Bonchev–Trinajstić information content (AvgIpc) is 2.86. The Hall–Kier alpha value is -3.52. The Labute approximate surface area is 209 Å². The summed E-state index contributed by atoms with van der Waals surface area (Å²) in [6, 6.07) is 31.0. The van der Waals surface area contributed by atoms with Gasteiger partial charge >= 0.3 is 0 Å². The summed E-state index contributed by atoms with van der Waals surface area (Å²) in [6.45, 7) is 13.0. The molecule has 4 aromatic carbocycles. The fourth-order valence-electron chi connectivity index (χ4n) is 4.89. The highest BCUT2D eigenvalue weighted by Gasteiger charge is 2.29. The summed E-state index contributed by atoms with van der Waals surface area (Å²) < 4.78 is 0. The fourth-order valence-corrected chi connectivity index (χ4v) is 4.89. The molecule has 4 aromatic rings. The van der Waals surface area contributed by atoms with Crippen molar-refractivity contribution in [1.29, 1.82) is 0 Å². The lowest BCUT2D eigenvalue weighted by molar-refractivity contribution is 0.465. The summed E-state index contributed by atoms with van der Waals surface area (Å²) >= 11 is 0. The first-order chi connectivity index (χ1) is 16.5. The van der Waals surface area contributed by atoms with Gasteiger partial charge in [-0.15, -0.1) is 0 Å². The van der Waals surface area contributed by atoms with Crippen LogP contribution in [-0.4, -0.2) is 10.2 Å². The van der Waals surface area contributed by atoms with Crippen molar-refractivity contribution in [3.63, 3.8) is 0 Å². The zero-order chi connectivity index (χ0) is 25.4. The number of hydrogen-bond acceptors (Lipinski definition) is 2. The maximum atomic E-state index is 10.7. The van der Waals surface area contributed by atoms with Crippen LogP contribution in [0.4, 0.5) is 0 Å². The molecule has 2 N–H and O–H groups in total. The maximum Gasteiger partial charge on any atom is 0.119 e. The topological polar surface area (TPSA) is 40.5 Å². The van der Waals surface area contributed by atoms with Crippen LogP contribution in [0.3, 0.4) is 0 Å². The van der Waals surface area contributed by atoms with Crippen molar-refractivity contribution in [2.75, 3.05) is 0 Å². The fraction of sp³-hybridized carbons (Fsp3) is 0.273. The molecule has 0 aromatic heterocycles. The summed E-state index contributed by atoms with van der Waals surface area (Å²) in [5, 5.41) is 20.7. The Morgan fingerprint density at radius 2 is 1.09 bits per heavy atom. The Balaban J connectivity index is 1.73. The minimum absolute atomic E-state index is 0.0925. The third-order valence-corrected chi connectivity index (χ3v) is 7.74. The quantitative estimate of drug-likeness (QED) is 0.302. The van der Waals surface area contributed by atoms with Gasteiger partial charge in [-0.05, 0) is 52.4 Å². The van der Waals surface area contributed by atoms with E-state index in [4.69, 9.17) is 0 Å². The third-order valence-electron chi connectivity index (χ3n) is 7.74. The lowest BCUT2D eigenvalue weighted by Gasteiger charge is -2.31. The second kappa shape index (κ2) is 9.26. The highest BCUT2D eigenvalue weighted by atomic mass is 16.3. The predicted molar refractivity (Wildman–Crippen MR) is 146 cm³/mol. The van der Waals surface area contributed by atoms with Crippen LogP contribution in [0.1, 0.15) is 79.5 Å². The van der Waals surface area contributed by atoms with E-state index in [9.17, 15) is 10.2 Å². The van der Waals surface area contributed by atoms with Crippen molar-refractivity contribution < 1.29 is 10.2 Å². The number of aromatic hydroxyl groups is 2. The minimum Gasteiger partial charge on any atom is -0.508 e. The van der Waals surface area contributed by atoms with E-state index in [1.807, 2.05) is 43.3 Å². The van der Waals surface area contributed by atoms with E-state index < -0.39 is 0 Å². The molecular formula is C33H36O2.